The molecule has 28 heavy (non-hydrogen) atoms. The molecule has 152 valence electrons. The number of nitrogens with zero attached hydrogens (tertiary/aromatic N) is 4. The Morgan fingerprint density at radius 2 is 1.79 bits per heavy atom. The molecule has 0 spiro atoms. The largest absolute Gasteiger partial charge is 0.378 e. The van der Waals surface area contributed by atoms with E-state index in [0.29, 0.717) is 44.3 Å². The SMILES string of the molecule is Cc1nc([C@@H]2CCCN(C(=O)C3CCCC3)C2)ncc1C(=O)N1CCOCC1. The van der Waals surface area contributed by atoms with Gasteiger partial charge >= 0.3 is 0 Å². The molecule has 0 N–H and O–H groups in total. The molecule has 2 aliphatic heterocycles. The van der Waals surface area contributed by atoms with Crippen LogP contribution in [-0.2, 0) is 9.53 Å². The van der Waals surface area contributed by atoms with E-state index < -0.39 is 0 Å². The highest BCUT2D eigenvalue weighted by atomic mass is 16.5. The third-order valence-electron chi connectivity index (χ3n) is 6.33. The van der Waals surface area contributed by atoms with E-state index in [2.05, 4.69) is 9.97 Å². The predicted octanol–water partition coefficient (Wildman–Crippen LogP) is 2.15. The Labute approximate surface area is 166 Å². The van der Waals surface area contributed by atoms with Gasteiger partial charge in [-0.05, 0) is 32.6 Å². The number of aryl methyl sites for hydroxylation is 1. The van der Waals surface area contributed by atoms with Gasteiger partial charge in [0.1, 0.15) is 5.82 Å². The van der Waals surface area contributed by atoms with E-state index in [1.807, 2.05) is 11.8 Å². The Bertz CT molecular complexity index is 726. The van der Waals surface area contributed by atoms with Gasteiger partial charge in [-0.25, -0.2) is 9.97 Å². The molecular weight excluding hydrogens is 356 g/mol. The summed E-state index contributed by atoms with van der Waals surface area (Å²) in [5, 5.41) is 0. The van der Waals surface area contributed by atoms with Crippen LogP contribution in [0.25, 0.3) is 0 Å². The van der Waals surface area contributed by atoms with Crippen molar-refractivity contribution < 1.29 is 14.3 Å². The maximum atomic E-state index is 12.8. The average Bonchev–Trinajstić information content (AvgIpc) is 3.28. The lowest BCUT2D eigenvalue weighted by Gasteiger charge is -2.34. The van der Waals surface area contributed by atoms with Gasteiger partial charge in [-0.3, -0.25) is 9.59 Å². The number of carbonyl (C=O) groups is 2. The summed E-state index contributed by atoms with van der Waals surface area (Å²) in [5.41, 5.74) is 1.29. The van der Waals surface area contributed by atoms with E-state index in [-0.39, 0.29) is 17.7 Å². The third-order valence-corrected chi connectivity index (χ3v) is 6.33. The molecule has 0 aromatic carbocycles. The molecule has 1 atom stereocenters. The number of piperidine rings is 1. The van der Waals surface area contributed by atoms with Crippen molar-refractivity contribution >= 4 is 11.8 Å². The second-order valence-electron chi connectivity index (χ2n) is 8.24. The van der Waals surface area contributed by atoms with Crippen LogP contribution in [-0.4, -0.2) is 71.0 Å². The fourth-order valence-electron chi connectivity index (χ4n) is 4.65. The molecule has 1 aromatic rings. The van der Waals surface area contributed by atoms with Gasteiger partial charge in [0.15, 0.2) is 0 Å². The Kier molecular flexibility index (Phi) is 5.90. The Morgan fingerprint density at radius 1 is 1.04 bits per heavy atom. The number of carbonyl (C=O) groups excluding carboxylic acids is 2. The van der Waals surface area contributed by atoms with E-state index in [0.717, 1.165) is 43.7 Å². The number of ether oxygens (including phenoxy) is 1. The summed E-state index contributed by atoms with van der Waals surface area (Å²) in [6.45, 7) is 5.81. The molecule has 0 unspecified atom stereocenters. The smallest absolute Gasteiger partial charge is 0.257 e. The molecule has 0 radical (unpaired) electrons. The van der Waals surface area contributed by atoms with Gasteiger partial charge in [0.2, 0.25) is 5.91 Å². The second-order valence-corrected chi connectivity index (χ2v) is 8.24. The van der Waals surface area contributed by atoms with Crippen LogP contribution in [0.15, 0.2) is 6.20 Å². The van der Waals surface area contributed by atoms with Gasteiger partial charge < -0.3 is 14.5 Å². The molecule has 0 bridgehead atoms. The van der Waals surface area contributed by atoms with Crippen LogP contribution in [0.1, 0.15) is 66.3 Å². The molecule has 3 heterocycles. The van der Waals surface area contributed by atoms with Crippen molar-refractivity contribution in [2.75, 3.05) is 39.4 Å². The highest BCUT2D eigenvalue weighted by Crippen LogP contribution is 2.30. The lowest BCUT2D eigenvalue weighted by atomic mass is 9.95. The van der Waals surface area contributed by atoms with Crippen molar-refractivity contribution in [1.82, 2.24) is 19.8 Å². The highest BCUT2D eigenvalue weighted by molar-refractivity contribution is 5.95. The minimum Gasteiger partial charge on any atom is -0.378 e. The number of hydrogen-bond acceptors (Lipinski definition) is 5. The van der Waals surface area contributed by atoms with Gasteiger partial charge in [0, 0.05) is 44.2 Å². The Hall–Kier alpha value is -2.02. The molecule has 2 saturated heterocycles. The number of morpholine rings is 1. The summed E-state index contributed by atoms with van der Waals surface area (Å²) in [6.07, 6.45) is 8.07. The summed E-state index contributed by atoms with van der Waals surface area (Å²) in [5.74, 6) is 1.44. The van der Waals surface area contributed by atoms with Gasteiger partial charge in [0.25, 0.3) is 5.91 Å². The van der Waals surface area contributed by atoms with E-state index in [9.17, 15) is 9.59 Å². The number of likely N-dealkylation sites (tertiary alicyclic amines) is 1. The fourth-order valence-corrected chi connectivity index (χ4v) is 4.65. The van der Waals surface area contributed by atoms with Crippen LogP contribution >= 0.6 is 0 Å². The van der Waals surface area contributed by atoms with Crippen molar-refractivity contribution in [3.8, 4) is 0 Å². The lowest BCUT2D eigenvalue weighted by Crippen LogP contribution is -2.42. The summed E-state index contributed by atoms with van der Waals surface area (Å²) < 4.78 is 5.32. The number of aromatic nitrogens is 2. The Morgan fingerprint density at radius 3 is 2.50 bits per heavy atom. The first-order valence-electron chi connectivity index (χ1n) is 10.6. The van der Waals surface area contributed by atoms with Gasteiger partial charge in [0.05, 0.1) is 24.5 Å². The number of amides is 2. The molecule has 4 rings (SSSR count). The van der Waals surface area contributed by atoms with Crippen LogP contribution in [0.4, 0.5) is 0 Å². The molecule has 1 aromatic heterocycles. The molecule has 1 aliphatic carbocycles. The van der Waals surface area contributed by atoms with Crippen LogP contribution < -0.4 is 0 Å². The first-order chi connectivity index (χ1) is 13.6. The molecular formula is C21H30N4O3. The maximum Gasteiger partial charge on any atom is 0.257 e. The standard InChI is InChI=1S/C21H30N4O3/c1-15-18(21(27)24-9-11-28-12-10-24)13-22-19(23-15)17-7-4-8-25(14-17)20(26)16-5-2-3-6-16/h13,16-17H,2-12,14H2,1H3/t17-/m1/s1. The van der Waals surface area contributed by atoms with E-state index >= 15 is 0 Å². The van der Waals surface area contributed by atoms with Crippen molar-refractivity contribution in [3.63, 3.8) is 0 Å². The quantitative estimate of drug-likeness (QED) is 0.796. The van der Waals surface area contributed by atoms with Gasteiger partial charge in [-0.15, -0.1) is 0 Å². The van der Waals surface area contributed by atoms with E-state index in [4.69, 9.17) is 4.74 Å². The van der Waals surface area contributed by atoms with Crippen molar-refractivity contribution in [3.05, 3.63) is 23.3 Å². The fraction of sp³-hybridized carbons (Fsp3) is 0.714. The van der Waals surface area contributed by atoms with Crippen molar-refractivity contribution in [2.45, 2.75) is 51.4 Å². The summed E-state index contributed by atoms with van der Waals surface area (Å²) in [6, 6.07) is 0. The molecule has 1 saturated carbocycles. The number of hydrogen-bond donors (Lipinski definition) is 0. The van der Waals surface area contributed by atoms with Crippen LogP contribution in [0, 0.1) is 12.8 Å². The van der Waals surface area contributed by atoms with Crippen LogP contribution in [0.2, 0.25) is 0 Å². The zero-order valence-corrected chi connectivity index (χ0v) is 16.7. The molecule has 7 nitrogen and oxygen atoms in total. The highest BCUT2D eigenvalue weighted by Gasteiger charge is 2.32. The first kappa shape index (κ1) is 19.3. The maximum absolute atomic E-state index is 12.8. The molecule has 7 heteroatoms. The number of rotatable bonds is 3. The minimum atomic E-state index is -0.0194. The van der Waals surface area contributed by atoms with Crippen LogP contribution in [0.3, 0.4) is 0 Å². The van der Waals surface area contributed by atoms with Gasteiger partial charge in [-0.2, -0.15) is 0 Å². The van der Waals surface area contributed by atoms with Crippen LogP contribution in [0.5, 0.6) is 0 Å². The van der Waals surface area contributed by atoms with Crippen molar-refractivity contribution in [1.29, 1.82) is 0 Å². The minimum absolute atomic E-state index is 0.0194. The monoisotopic (exact) mass is 386 g/mol. The zero-order chi connectivity index (χ0) is 19.5. The lowest BCUT2D eigenvalue weighted by molar-refractivity contribution is -0.136. The van der Waals surface area contributed by atoms with Crippen molar-refractivity contribution in [2.24, 2.45) is 5.92 Å². The topological polar surface area (TPSA) is 75.6 Å². The average molecular weight is 386 g/mol. The predicted molar refractivity (Wildman–Crippen MR) is 104 cm³/mol. The summed E-state index contributed by atoms with van der Waals surface area (Å²) in [4.78, 5) is 38.6. The second kappa shape index (κ2) is 8.55. The molecule has 3 fully saturated rings. The summed E-state index contributed by atoms with van der Waals surface area (Å²) >= 11 is 0. The van der Waals surface area contributed by atoms with Gasteiger partial charge in [-0.1, -0.05) is 12.8 Å². The molecule has 2 amide bonds. The van der Waals surface area contributed by atoms with E-state index in [1.165, 1.54) is 12.8 Å². The third kappa shape index (κ3) is 4.04. The van der Waals surface area contributed by atoms with E-state index in [1.54, 1.807) is 11.1 Å². The normalized spacial score (nSPS) is 23.8. The zero-order valence-electron chi connectivity index (χ0n) is 16.7. The Balaban J connectivity index is 1.44. The molecule has 3 aliphatic rings. The summed E-state index contributed by atoms with van der Waals surface area (Å²) in [7, 11) is 0. The first-order valence-corrected chi connectivity index (χ1v) is 10.6.